The van der Waals surface area contributed by atoms with Crippen LogP contribution in [-0.2, 0) is 0 Å². The summed E-state index contributed by atoms with van der Waals surface area (Å²) in [7, 11) is 0. The number of alkyl halides is 4. The minimum absolute atomic E-state index is 0.185. The molecule has 0 bridgehead atoms. The van der Waals surface area contributed by atoms with Crippen molar-refractivity contribution in [2.45, 2.75) is 13.8 Å². The van der Waals surface area contributed by atoms with Gasteiger partial charge in [0.05, 0.1) is 11.0 Å². The second kappa shape index (κ2) is 25.2. The molecule has 3 N–H and O–H groups in total. The van der Waals surface area contributed by atoms with Gasteiger partial charge in [-0.25, -0.2) is 9.59 Å². The molecule has 0 radical (unpaired) electrons. The highest BCUT2D eigenvalue weighted by atomic mass is 35.5. The molecule has 20 heteroatoms. The molecular formula is C56H51Cl4N7O9. The summed E-state index contributed by atoms with van der Waals surface area (Å²) in [4.78, 5) is 38.3. The Hall–Kier alpha value is -7.76. The van der Waals surface area contributed by atoms with Gasteiger partial charge in [0.1, 0.15) is 28.7 Å². The van der Waals surface area contributed by atoms with Crippen LogP contribution in [0.5, 0.6) is 51.7 Å². The Morgan fingerprint density at radius 2 is 0.842 bits per heavy atom. The number of nitrogens with one attached hydrogen (secondary N) is 3. The molecule has 0 spiro atoms. The fourth-order valence-corrected chi connectivity index (χ4v) is 9.05. The Kier molecular flexibility index (Phi) is 17.6. The molecule has 0 atom stereocenters. The number of halogens is 4. The quantitative estimate of drug-likeness (QED) is 0.0695. The zero-order valence-electron chi connectivity index (χ0n) is 41.2. The van der Waals surface area contributed by atoms with E-state index in [1.54, 1.807) is 60.7 Å². The van der Waals surface area contributed by atoms with E-state index in [0.29, 0.717) is 119 Å². The number of ether oxygens (including phenoxy) is 7. The number of hydrogen-bond acceptors (Lipinski definition) is 13. The highest BCUT2D eigenvalue weighted by Gasteiger charge is 2.20. The van der Waals surface area contributed by atoms with Gasteiger partial charge >= 0.3 is 12.1 Å². The van der Waals surface area contributed by atoms with Crippen molar-refractivity contribution < 1.29 is 42.7 Å². The smallest absolute Gasteiger partial charge is 0.417 e. The predicted octanol–water partition coefficient (Wildman–Crippen LogP) is 14.0. The van der Waals surface area contributed by atoms with Gasteiger partial charge in [-0.1, -0.05) is 0 Å². The lowest BCUT2D eigenvalue weighted by atomic mass is 10.1. The highest BCUT2D eigenvalue weighted by molar-refractivity contribution is 6.19. The number of hydrogen-bond donors (Lipinski definition) is 3. The Balaban J connectivity index is 0.000000186. The molecule has 0 saturated heterocycles. The van der Waals surface area contributed by atoms with Crippen molar-refractivity contribution in [1.82, 2.24) is 9.97 Å². The summed E-state index contributed by atoms with van der Waals surface area (Å²) in [5.74, 6) is 7.60. The Morgan fingerprint density at radius 3 is 1.25 bits per heavy atom. The van der Waals surface area contributed by atoms with Crippen molar-refractivity contribution in [2.24, 2.45) is 0 Å². The number of nitrogens with zero attached hydrogens (tertiary/aromatic N) is 4. The fourth-order valence-electron chi connectivity index (χ4n) is 8.23. The maximum atomic E-state index is 12.5. The van der Waals surface area contributed by atoms with Crippen LogP contribution in [0.3, 0.4) is 0 Å². The van der Waals surface area contributed by atoms with Crippen molar-refractivity contribution in [3.8, 4) is 51.7 Å². The van der Waals surface area contributed by atoms with Crippen LogP contribution in [0.2, 0.25) is 0 Å². The van der Waals surface area contributed by atoms with Gasteiger partial charge in [0.25, 0.3) is 0 Å². The largest absolute Gasteiger partial charge is 0.457 e. The third-order valence-electron chi connectivity index (χ3n) is 11.8. The van der Waals surface area contributed by atoms with Crippen molar-refractivity contribution in [1.29, 1.82) is 0 Å². The van der Waals surface area contributed by atoms with Gasteiger partial charge < -0.3 is 53.6 Å². The van der Waals surface area contributed by atoms with Gasteiger partial charge in [-0.3, -0.25) is 15.3 Å². The molecule has 0 unspecified atom stereocenters. The second-order valence-electron chi connectivity index (χ2n) is 17.1. The zero-order valence-corrected chi connectivity index (χ0v) is 44.3. The maximum Gasteiger partial charge on any atom is 0.417 e. The van der Waals surface area contributed by atoms with E-state index in [1.807, 2.05) is 86.6 Å². The number of aromatic nitrogens is 2. The van der Waals surface area contributed by atoms with Crippen LogP contribution >= 0.6 is 46.4 Å². The van der Waals surface area contributed by atoms with Crippen LogP contribution < -0.4 is 58.9 Å². The maximum absolute atomic E-state index is 12.5. The average Bonchev–Trinajstić information content (AvgIpc) is 4.08. The van der Waals surface area contributed by atoms with Crippen LogP contribution in [0.1, 0.15) is 11.4 Å². The van der Waals surface area contributed by atoms with Crippen molar-refractivity contribution in [2.75, 3.05) is 89.0 Å². The molecule has 76 heavy (non-hydrogen) atoms. The average molecular weight is 1110 g/mol. The fraction of sp³-hybridized carbons (Fsp3) is 0.214. The van der Waals surface area contributed by atoms with E-state index in [2.05, 4.69) is 35.7 Å². The van der Waals surface area contributed by atoms with Crippen molar-refractivity contribution in [3.05, 3.63) is 145 Å². The molecule has 10 rings (SSSR count). The predicted molar refractivity (Wildman–Crippen MR) is 301 cm³/mol. The normalized spacial score (nSPS) is 11.9. The van der Waals surface area contributed by atoms with E-state index in [4.69, 9.17) is 79.6 Å². The summed E-state index contributed by atoms with van der Waals surface area (Å²) in [6.45, 7) is 6.94. The number of carbonyl (C=O) groups is 2. The van der Waals surface area contributed by atoms with Crippen LogP contribution in [-0.4, -0.2) is 85.4 Å². The molecule has 2 aliphatic heterocycles. The molecule has 0 fully saturated rings. The molecule has 392 valence electrons. The summed E-state index contributed by atoms with van der Waals surface area (Å²) in [6, 6.07) is 39.7. The van der Waals surface area contributed by atoms with E-state index < -0.39 is 6.09 Å². The molecule has 8 aromatic rings. The number of pyridine rings is 2. The van der Waals surface area contributed by atoms with E-state index in [0.717, 1.165) is 44.6 Å². The molecule has 4 heterocycles. The first-order chi connectivity index (χ1) is 37.0. The molecular weight excluding hydrogens is 1060 g/mol. The number of aryl methyl sites for hydroxylation is 2. The highest BCUT2D eigenvalue weighted by Crippen LogP contribution is 2.42. The van der Waals surface area contributed by atoms with E-state index in [9.17, 15) is 9.59 Å². The van der Waals surface area contributed by atoms with Gasteiger partial charge in [0.15, 0.2) is 23.0 Å². The lowest BCUT2D eigenvalue weighted by Gasteiger charge is -2.23. The third-order valence-corrected chi connectivity index (χ3v) is 12.5. The monoisotopic (exact) mass is 1110 g/mol. The van der Waals surface area contributed by atoms with Crippen LogP contribution in [0, 0.1) is 13.8 Å². The summed E-state index contributed by atoms with van der Waals surface area (Å²) >= 11 is 23.5. The SMILES string of the molecule is Cc1cc(Oc2ccc(NC(=O)Nc3ccc(N(CCCl)CCCl)cc3)cc2)c2cc3c(cc2n1)OCO3.Cc1cc(Oc2ccc(NC(=O)Oc3ccc(N(CCCl)CCCl)cc3)cc2)c2cc3c(cc2n1)OCO3. The van der Waals surface area contributed by atoms with Gasteiger partial charge in [-0.2, -0.15) is 0 Å². The van der Waals surface area contributed by atoms with E-state index >= 15 is 0 Å². The molecule has 6 aromatic carbocycles. The van der Waals surface area contributed by atoms with Crippen LogP contribution in [0.25, 0.3) is 21.8 Å². The van der Waals surface area contributed by atoms with Gasteiger partial charge in [0.2, 0.25) is 13.6 Å². The molecule has 16 nitrogen and oxygen atoms in total. The van der Waals surface area contributed by atoms with Gasteiger partial charge in [-0.05, 0) is 123 Å². The van der Waals surface area contributed by atoms with E-state index in [1.165, 1.54) is 0 Å². The van der Waals surface area contributed by atoms with Crippen molar-refractivity contribution in [3.63, 3.8) is 0 Å². The molecule has 0 aliphatic carbocycles. The Morgan fingerprint density at radius 1 is 0.487 bits per heavy atom. The first kappa shape index (κ1) is 53.1. The minimum Gasteiger partial charge on any atom is -0.457 e. The molecule has 0 saturated carbocycles. The topological polar surface area (TPSA) is 167 Å². The number of anilines is 5. The number of fused-ring (bicyclic) bond motifs is 4. The molecule has 3 amide bonds. The Bertz CT molecular complexity index is 3070. The van der Waals surface area contributed by atoms with Gasteiger partial charge in [0, 0.05) is 125 Å². The number of rotatable bonds is 18. The van der Waals surface area contributed by atoms with Crippen molar-refractivity contribution >= 4 is 109 Å². The standard InChI is InChI=1S/C28H26Cl2N4O4.C28H25Cl2N3O5/c1-18-14-25(23-15-26-27(37-17-36-26)16-24(23)31-18)38-22-8-4-20(5-9-22)33-28(35)32-19-2-6-21(7-3-19)34(12-10-29)13-11-30;1-18-14-25(23-15-26-27(36-17-35-26)16-24(23)31-18)37-21-6-2-19(3-7-21)32-28(34)38-22-8-4-20(5-9-22)33(12-10-29)13-11-30/h2-9,14-16H,10-13,17H2,1H3,(H2,32,33,35);2-9,14-16H,10-13,17H2,1H3,(H,32,34). The first-order valence-corrected chi connectivity index (χ1v) is 26.2. The van der Waals surface area contributed by atoms with Gasteiger partial charge in [-0.15, -0.1) is 46.4 Å². The summed E-state index contributed by atoms with van der Waals surface area (Å²) in [6.07, 6.45) is -0.600. The summed E-state index contributed by atoms with van der Waals surface area (Å²) in [5.41, 5.74) is 6.96. The lowest BCUT2D eigenvalue weighted by molar-refractivity contribution is 0.173. The summed E-state index contributed by atoms with van der Waals surface area (Å²) in [5, 5.41) is 10.0. The number of urea groups is 1. The van der Waals surface area contributed by atoms with Crippen LogP contribution in [0.4, 0.5) is 38.0 Å². The Labute approximate surface area is 458 Å². The van der Waals surface area contributed by atoms with E-state index in [-0.39, 0.29) is 19.6 Å². The number of benzene rings is 6. The zero-order chi connectivity index (χ0) is 53.0. The lowest BCUT2D eigenvalue weighted by Crippen LogP contribution is -2.27. The molecule has 2 aromatic heterocycles. The minimum atomic E-state index is -0.600. The first-order valence-electron chi connectivity index (χ1n) is 24.0. The molecule has 2 aliphatic rings. The number of amides is 3. The third kappa shape index (κ3) is 13.6. The second-order valence-corrected chi connectivity index (χ2v) is 18.6. The summed E-state index contributed by atoms with van der Waals surface area (Å²) < 4.78 is 39.7. The number of carbonyl (C=O) groups excluding carboxylic acids is 2. The van der Waals surface area contributed by atoms with Crippen LogP contribution in [0.15, 0.2) is 133 Å².